The van der Waals surface area contributed by atoms with E-state index in [-0.39, 0.29) is 5.91 Å². The van der Waals surface area contributed by atoms with Gasteiger partial charge in [0.1, 0.15) is 10.6 Å². The lowest BCUT2D eigenvalue weighted by Gasteiger charge is -2.21. The Balaban J connectivity index is 1.61. The molecule has 154 valence electrons. The Morgan fingerprint density at radius 1 is 1.13 bits per heavy atom. The van der Waals surface area contributed by atoms with Gasteiger partial charge in [0.2, 0.25) is 0 Å². The molecule has 0 atom stereocenters. The van der Waals surface area contributed by atoms with Gasteiger partial charge in [-0.2, -0.15) is 0 Å². The predicted molar refractivity (Wildman–Crippen MR) is 129 cm³/mol. The Morgan fingerprint density at radius 2 is 1.90 bits per heavy atom. The Morgan fingerprint density at radius 3 is 2.57 bits per heavy atom. The first-order valence-electron chi connectivity index (χ1n) is 9.59. The maximum Gasteiger partial charge on any atom is 0.263 e. The van der Waals surface area contributed by atoms with Crippen LogP contribution < -0.4 is 10.2 Å². The molecule has 0 spiro atoms. The Kier molecular flexibility index (Phi) is 5.90. The topological polar surface area (TPSA) is 53.4 Å². The quantitative estimate of drug-likeness (QED) is 0.471. The van der Waals surface area contributed by atoms with E-state index in [1.165, 1.54) is 17.4 Å². The molecule has 1 amide bonds. The summed E-state index contributed by atoms with van der Waals surface area (Å²) < 4.78 is 2.56. The molecule has 2 aromatic carbocycles. The van der Waals surface area contributed by atoms with E-state index in [0.29, 0.717) is 9.23 Å². The van der Waals surface area contributed by atoms with Crippen molar-refractivity contribution in [2.24, 2.45) is 0 Å². The molecule has 1 aromatic heterocycles. The number of imidazole rings is 1. The number of hydrogen-bond donors (Lipinski definition) is 1. The van der Waals surface area contributed by atoms with Gasteiger partial charge in [0.25, 0.3) is 5.91 Å². The summed E-state index contributed by atoms with van der Waals surface area (Å²) >= 11 is 6.35. The van der Waals surface area contributed by atoms with Gasteiger partial charge in [-0.15, -0.1) is 0 Å². The highest BCUT2D eigenvalue weighted by atomic mass is 32.2. The Bertz CT molecular complexity index is 1130. The zero-order chi connectivity index (χ0) is 21.3. The number of fused-ring (bicyclic) bond motifs is 1. The molecule has 0 bridgehead atoms. The average molecular weight is 438 g/mol. The van der Waals surface area contributed by atoms with Gasteiger partial charge in [-0.1, -0.05) is 30.0 Å². The van der Waals surface area contributed by atoms with Crippen molar-refractivity contribution >= 4 is 57.0 Å². The standard InChI is InChI=1S/C22H23N5OS2/c1-25(2)10-11-26(3)16-5-7-17(8-6-16)27-14-23-18-9-4-15(12-19(18)27)13-20-21(28)24-22(29)30-20/h4-9,12-14H,10-11H2,1-3H3,(H,24,28,29)/b20-13-. The zero-order valence-corrected chi connectivity index (χ0v) is 18.8. The number of nitrogens with one attached hydrogen (secondary N) is 1. The van der Waals surface area contributed by atoms with Crippen molar-refractivity contribution in [3.05, 3.63) is 59.3 Å². The lowest BCUT2D eigenvalue weighted by molar-refractivity contribution is -0.115. The molecular formula is C22H23N5OS2. The average Bonchev–Trinajstić information content (AvgIpc) is 3.28. The number of amides is 1. The first kappa shape index (κ1) is 20.6. The highest BCUT2D eigenvalue weighted by Gasteiger charge is 2.22. The number of carbonyl (C=O) groups excluding carboxylic acids is 1. The smallest absolute Gasteiger partial charge is 0.263 e. The van der Waals surface area contributed by atoms with Crippen LogP contribution in [0.15, 0.2) is 53.7 Å². The largest absolute Gasteiger partial charge is 0.373 e. The molecule has 6 nitrogen and oxygen atoms in total. The van der Waals surface area contributed by atoms with Crippen molar-refractivity contribution in [2.75, 3.05) is 39.1 Å². The van der Waals surface area contributed by atoms with Crippen LogP contribution in [0.4, 0.5) is 5.69 Å². The molecule has 1 aliphatic heterocycles. The van der Waals surface area contributed by atoms with E-state index in [2.05, 4.69) is 70.1 Å². The number of nitrogens with zero attached hydrogens (tertiary/aromatic N) is 4. The molecule has 0 unspecified atom stereocenters. The van der Waals surface area contributed by atoms with E-state index in [9.17, 15) is 4.79 Å². The normalized spacial score (nSPS) is 15.4. The number of anilines is 1. The molecule has 1 fully saturated rings. The summed E-state index contributed by atoms with van der Waals surface area (Å²) in [5.41, 5.74) is 5.05. The van der Waals surface area contributed by atoms with Gasteiger partial charge in [0, 0.05) is 31.5 Å². The van der Waals surface area contributed by atoms with E-state index in [1.807, 2.05) is 30.6 Å². The Hall–Kier alpha value is -2.68. The highest BCUT2D eigenvalue weighted by molar-refractivity contribution is 8.26. The second-order valence-electron chi connectivity index (χ2n) is 7.46. The first-order valence-corrected chi connectivity index (χ1v) is 10.8. The number of benzene rings is 2. The van der Waals surface area contributed by atoms with Crippen LogP contribution in [0.3, 0.4) is 0 Å². The monoisotopic (exact) mass is 437 g/mol. The van der Waals surface area contributed by atoms with Crippen LogP contribution in [0.5, 0.6) is 0 Å². The molecule has 1 saturated heterocycles. The number of likely N-dealkylation sites (N-methyl/N-ethyl adjacent to an activating group) is 2. The van der Waals surface area contributed by atoms with Crippen molar-refractivity contribution < 1.29 is 4.79 Å². The maximum absolute atomic E-state index is 11.9. The van der Waals surface area contributed by atoms with Crippen LogP contribution in [-0.4, -0.2) is 58.9 Å². The van der Waals surface area contributed by atoms with Gasteiger partial charge >= 0.3 is 0 Å². The van der Waals surface area contributed by atoms with Crippen LogP contribution in [0.2, 0.25) is 0 Å². The fourth-order valence-corrected chi connectivity index (χ4v) is 4.28. The predicted octanol–water partition coefficient (Wildman–Crippen LogP) is 3.51. The lowest BCUT2D eigenvalue weighted by atomic mass is 10.1. The van der Waals surface area contributed by atoms with Crippen LogP contribution >= 0.6 is 24.0 Å². The Labute approximate surface area is 185 Å². The summed E-state index contributed by atoms with van der Waals surface area (Å²) in [4.78, 5) is 21.5. The summed E-state index contributed by atoms with van der Waals surface area (Å²) in [6.07, 6.45) is 3.69. The van der Waals surface area contributed by atoms with Gasteiger partial charge in [0.05, 0.1) is 15.9 Å². The number of thioether (sulfide) groups is 1. The number of thiocarbonyl (C=S) groups is 1. The molecule has 8 heteroatoms. The maximum atomic E-state index is 11.9. The van der Waals surface area contributed by atoms with E-state index >= 15 is 0 Å². The van der Waals surface area contributed by atoms with Gasteiger partial charge in [-0.3, -0.25) is 9.36 Å². The minimum Gasteiger partial charge on any atom is -0.373 e. The first-order chi connectivity index (χ1) is 14.4. The second kappa shape index (κ2) is 8.59. The van der Waals surface area contributed by atoms with Gasteiger partial charge in [-0.25, -0.2) is 4.98 Å². The molecule has 4 rings (SSSR count). The molecular weight excluding hydrogens is 414 g/mol. The summed E-state index contributed by atoms with van der Waals surface area (Å²) in [6.45, 7) is 1.97. The van der Waals surface area contributed by atoms with Gasteiger partial charge < -0.3 is 15.1 Å². The molecule has 1 N–H and O–H groups in total. The third-order valence-electron chi connectivity index (χ3n) is 4.96. The fourth-order valence-electron chi connectivity index (χ4n) is 3.24. The van der Waals surface area contributed by atoms with Crippen LogP contribution in [-0.2, 0) is 4.79 Å². The van der Waals surface area contributed by atoms with Gasteiger partial charge in [-0.05, 0) is 62.1 Å². The lowest BCUT2D eigenvalue weighted by Crippen LogP contribution is -2.28. The van der Waals surface area contributed by atoms with Crippen molar-refractivity contribution in [3.8, 4) is 5.69 Å². The summed E-state index contributed by atoms with van der Waals surface area (Å²) in [6, 6.07) is 14.4. The number of carbonyl (C=O) groups is 1. The summed E-state index contributed by atoms with van der Waals surface area (Å²) in [5.74, 6) is -0.146. The summed E-state index contributed by atoms with van der Waals surface area (Å²) in [5, 5.41) is 2.65. The number of rotatable bonds is 6. The molecule has 3 aromatic rings. The second-order valence-corrected chi connectivity index (χ2v) is 9.18. The number of aromatic nitrogens is 2. The SMILES string of the molecule is CN(C)CCN(C)c1ccc(-n2cnc3ccc(/C=C4\SC(=S)NC4=O)cc32)cc1. The molecule has 0 aliphatic carbocycles. The van der Waals surface area contributed by atoms with Crippen molar-refractivity contribution in [2.45, 2.75) is 0 Å². The summed E-state index contributed by atoms with van der Waals surface area (Å²) in [7, 11) is 6.27. The molecule has 0 radical (unpaired) electrons. The third-order valence-corrected chi connectivity index (χ3v) is 6.13. The van der Waals surface area contributed by atoms with Crippen molar-refractivity contribution in [3.63, 3.8) is 0 Å². The van der Waals surface area contributed by atoms with E-state index in [1.54, 1.807) is 0 Å². The molecule has 2 heterocycles. The van der Waals surface area contributed by atoms with Gasteiger partial charge in [0.15, 0.2) is 0 Å². The van der Waals surface area contributed by atoms with Crippen molar-refractivity contribution in [1.82, 2.24) is 19.8 Å². The molecule has 0 saturated carbocycles. The molecule has 30 heavy (non-hydrogen) atoms. The number of hydrogen-bond acceptors (Lipinski definition) is 6. The van der Waals surface area contributed by atoms with Crippen LogP contribution in [0.25, 0.3) is 22.8 Å². The minimum atomic E-state index is -0.146. The minimum absolute atomic E-state index is 0.146. The zero-order valence-electron chi connectivity index (χ0n) is 17.1. The highest BCUT2D eigenvalue weighted by Crippen LogP contribution is 2.28. The van der Waals surface area contributed by atoms with Crippen LogP contribution in [0, 0.1) is 0 Å². The molecule has 1 aliphatic rings. The van der Waals surface area contributed by atoms with Crippen LogP contribution in [0.1, 0.15) is 5.56 Å². The van der Waals surface area contributed by atoms with E-state index in [0.717, 1.165) is 35.4 Å². The van der Waals surface area contributed by atoms with Crippen molar-refractivity contribution in [1.29, 1.82) is 0 Å². The van der Waals surface area contributed by atoms with E-state index in [4.69, 9.17) is 12.2 Å². The van der Waals surface area contributed by atoms with E-state index < -0.39 is 0 Å². The fraction of sp³-hybridized carbons (Fsp3) is 0.227. The third kappa shape index (κ3) is 4.40.